The van der Waals surface area contributed by atoms with Crippen LogP contribution in [0, 0.1) is 0 Å². The first-order valence-corrected chi connectivity index (χ1v) is 3.61. The van der Waals surface area contributed by atoms with E-state index in [4.69, 9.17) is 0 Å². The lowest BCUT2D eigenvalue weighted by Gasteiger charge is -2.25. The Labute approximate surface area is 67.8 Å². The molecule has 12 heavy (non-hydrogen) atoms. The van der Waals surface area contributed by atoms with Gasteiger partial charge in [0.1, 0.15) is 5.67 Å². The third-order valence-corrected chi connectivity index (χ3v) is 1.55. The molecule has 0 saturated heterocycles. The fourth-order valence-corrected chi connectivity index (χ4v) is 0.957. The van der Waals surface area contributed by atoms with E-state index >= 15 is 0 Å². The third-order valence-electron chi connectivity index (χ3n) is 1.55. The summed E-state index contributed by atoms with van der Waals surface area (Å²) in [6, 6.07) is 0. The van der Waals surface area contributed by atoms with E-state index in [2.05, 4.69) is 0 Å². The van der Waals surface area contributed by atoms with E-state index in [1.165, 1.54) is 6.92 Å². The summed E-state index contributed by atoms with van der Waals surface area (Å²) >= 11 is 0. The molecule has 0 bridgehead atoms. The van der Waals surface area contributed by atoms with Crippen LogP contribution in [0.15, 0.2) is 0 Å². The second-order valence-electron chi connectivity index (χ2n) is 2.93. The highest BCUT2D eigenvalue weighted by molar-refractivity contribution is 4.87. The molecule has 0 spiro atoms. The smallest absolute Gasteiger partial charge is 0.241 e. The van der Waals surface area contributed by atoms with E-state index in [0.717, 1.165) is 0 Å². The van der Waals surface area contributed by atoms with Crippen LogP contribution in [0.5, 0.6) is 0 Å². The maximum Gasteiger partial charge on any atom is 0.422 e. The van der Waals surface area contributed by atoms with Gasteiger partial charge in [-0.25, -0.2) is 8.78 Å². The first-order valence-electron chi connectivity index (χ1n) is 3.61. The summed E-state index contributed by atoms with van der Waals surface area (Å²) in [5.41, 5.74) is -2.80. The molecule has 0 heterocycles. The Balaban J connectivity index is 4.34. The van der Waals surface area contributed by atoms with Gasteiger partial charge in [0.15, 0.2) is 0 Å². The van der Waals surface area contributed by atoms with Gasteiger partial charge in [-0.2, -0.15) is 13.2 Å². The Morgan fingerprint density at radius 3 is 1.83 bits per heavy atom. The summed E-state index contributed by atoms with van der Waals surface area (Å²) in [7, 11) is 0. The van der Waals surface area contributed by atoms with Crippen LogP contribution >= 0.6 is 0 Å². The van der Waals surface area contributed by atoms with Crippen molar-refractivity contribution in [3.05, 3.63) is 0 Å². The molecule has 0 aromatic heterocycles. The van der Waals surface area contributed by atoms with Crippen LogP contribution in [-0.4, -0.2) is 18.0 Å². The van der Waals surface area contributed by atoms with Gasteiger partial charge in [0.05, 0.1) is 0 Å². The largest absolute Gasteiger partial charge is 0.422 e. The highest BCUT2D eigenvalue weighted by atomic mass is 19.4. The molecule has 0 aliphatic rings. The summed E-state index contributed by atoms with van der Waals surface area (Å²) < 4.78 is 60.2. The molecule has 0 radical (unpaired) electrons. The predicted octanol–water partition coefficient (Wildman–Crippen LogP) is 3.42. The molecule has 0 aliphatic heterocycles. The molecular formula is C7H11F5. The second kappa shape index (κ2) is 3.58. The van der Waals surface area contributed by atoms with Crippen molar-refractivity contribution in [3.8, 4) is 0 Å². The summed E-state index contributed by atoms with van der Waals surface area (Å²) in [5.74, 6) is 0. The zero-order valence-electron chi connectivity index (χ0n) is 6.88. The predicted molar refractivity (Wildman–Crippen MR) is 35.4 cm³/mol. The SMILES string of the molecule is CCC[C@@](C)(F)C(F)C(F)(F)F. The standard InChI is InChI=1S/C7H11F5/c1-3-4-6(2,9)5(8)7(10,11)12/h5H,3-4H2,1-2H3/t5?,6-/m1/s1. The number of hydrogen-bond acceptors (Lipinski definition) is 0. The van der Waals surface area contributed by atoms with Crippen LogP contribution in [-0.2, 0) is 0 Å². The average Bonchev–Trinajstić information content (AvgIpc) is 1.84. The van der Waals surface area contributed by atoms with Gasteiger partial charge in [-0.3, -0.25) is 0 Å². The molecule has 0 amide bonds. The maximum atomic E-state index is 12.9. The molecule has 0 aromatic carbocycles. The van der Waals surface area contributed by atoms with Crippen molar-refractivity contribution in [1.29, 1.82) is 0 Å². The zero-order valence-corrected chi connectivity index (χ0v) is 6.88. The Bertz CT molecular complexity index is 137. The zero-order chi connectivity index (χ0) is 9.99. The molecule has 0 nitrogen and oxygen atoms in total. The van der Waals surface area contributed by atoms with Crippen molar-refractivity contribution >= 4 is 0 Å². The van der Waals surface area contributed by atoms with Crippen molar-refractivity contribution in [3.63, 3.8) is 0 Å². The monoisotopic (exact) mass is 190 g/mol. The van der Waals surface area contributed by atoms with E-state index in [-0.39, 0.29) is 6.42 Å². The van der Waals surface area contributed by atoms with E-state index in [1.54, 1.807) is 0 Å². The van der Waals surface area contributed by atoms with Gasteiger partial charge < -0.3 is 0 Å². The highest BCUT2D eigenvalue weighted by Gasteiger charge is 2.52. The highest BCUT2D eigenvalue weighted by Crippen LogP contribution is 2.36. The molecule has 5 heteroatoms. The minimum atomic E-state index is -5.10. The summed E-state index contributed by atoms with van der Waals surface area (Å²) in [5, 5.41) is 0. The van der Waals surface area contributed by atoms with E-state index in [1.807, 2.05) is 0 Å². The van der Waals surface area contributed by atoms with Crippen molar-refractivity contribution in [1.82, 2.24) is 0 Å². The summed E-state index contributed by atoms with van der Waals surface area (Å²) in [6.07, 6.45) is -8.72. The molecule has 0 aliphatic carbocycles. The Hall–Kier alpha value is -0.350. The number of hydrogen-bond donors (Lipinski definition) is 0. The minimum absolute atomic E-state index is 0.184. The molecule has 74 valence electrons. The number of halogens is 5. The quantitative estimate of drug-likeness (QED) is 0.598. The Morgan fingerprint density at radius 1 is 1.17 bits per heavy atom. The molecular weight excluding hydrogens is 179 g/mol. The molecule has 0 rings (SSSR count). The first kappa shape index (κ1) is 11.6. The first-order chi connectivity index (χ1) is 5.22. The lowest BCUT2D eigenvalue weighted by Crippen LogP contribution is -2.42. The number of alkyl halides is 5. The Kier molecular flexibility index (Phi) is 3.47. The van der Waals surface area contributed by atoms with Gasteiger partial charge in [0.25, 0.3) is 0 Å². The lowest BCUT2D eigenvalue weighted by atomic mass is 9.96. The fraction of sp³-hybridized carbons (Fsp3) is 1.00. The second-order valence-corrected chi connectivity index (χ2v) is 2.93. The average molecular weight is 190 g/mol. The van der Waals surface area contributed by atoms with Gasteiger partial charge in [0.2, 0.25) is 6.17 Å². The van der Waals surface area contributed by atoms with Crippen molar-refractivity contribution in [2.45, 2.75) is 44.7 Å². The lowest BCUT2D eigenvalue weighted by molar-refractivity contribution is -0.214. The third kappa shape index (κ3) is 2.95. The van der Waals surface area contributed by atoms with Crippen LogP contribution < -0.4 is 0 Å². The fourth-order valence-electron chi connectivity index (χ4n) is 0.957. The van der Waals surface area contributed by atoms with Crippen molar-refractivity contribution < 1.29 is 22.0 Å². The van der Waals surface area contributed by atoms with Gasteiger partial charge in [-0.05, 0) is 13.3 Å². The van der Waals surface area contributed by atoms with Gasteiger partial charge >= 0.3 is 6.18 Å². The topological polar surface area (TPSA) is 0 Å². The van der Waals surface area contributed by atoms with Crippen molar-refractivity contribution in [2.24, 2.45) is 0 Å². The van der Waals surface area contributed by atoms with Crippen LogP contribution in [0.2, 0.25) is 0 Å². The molecule has 1 unspecified atom stereocenters. The van der Waals surface area contributed by atoms with E-state index < -0.39 is 24.4 Å². The van der Waals surface area contributed by atoms with Crippen LogP contribution in [0.3, 0.4) is 0 Å². The molecule has 2 atom stereocenters. The molecule has 0 saturated carbocycles. The van der Waals surface area contributed by atoms with E-state index in [0.29, 0.717) is 6.92 Å². The molecule has 0 fully saturated rings. The summed E-state index contributed by atoms with van der Waals surface area (Å²) in [6.45, 7) is 2.13. The number of rotatable bonds is 3. The van der Waals surface area contributed by atoms with Crippen LogP contribution in [0.4, 0.5) is 22.0 Å². The van der Waals surface area contributed by atoms with Crippen LogP contribution in [0.1, 0.15) is 26.7 Å². The molecule has 0 N–H and O–H groups in total. The van der Waals surface area contributed by atoms with Gasteiger partial charge in [0, 0.05) is 0 Å². The maximum absolute atomic E-state index is 12.9. The van der Waals surface area contributed by atoms with E-state index in [9.17, 15) is 22.0 Å². The minimum Gasteiger partial charge on any atom is -0.241 e. The van der Waals surface area contributed by atoms with Gasteiger partial charge in [-0.1, -0.05) is 13.3 Å². The Morgan fingerprint density at radius 2 is 1.58 bits per heavy atom. The van der Waals surface area contributed by atoms with Crippen molar-refractivity contribution in [2.75, 3.05) is 0 Å². The van der Waals surface area contributed by atoms with Crippen LogP contribution in [0.25, 0.3) is 0 Å². The normalized spacial score (nSPS) is 20.2. The molecule has 0 aromatic rings. The van der Waals surface area contributed by atoms with Gasteiger partial charge in [-0.15, -0.1) is 0 Å². The summed E-state index contributed by atoms with van der Waals surface area (Å²) in [4.78, 5) is 0.